The van der Waals surface area contributed by atoms with Crippen LogP contribution in [0.15, 0.2) is 18.2 Å². The van der Waals surface area contributed by atoms with Crippen LogP contribution in [0.3, 0.4) is 0 Å². The third-order valence-electron chi connectivity index (χ3n) is 2.40. The number of hydrogen-bond acceptors (Lipinski definition) is 5. The first-order chi connectivity index (χ1) is 7.49. The van der Waals surface area contributed by atoms with Gasteiger partial charge in [0.2, 0.25) is 0 Å². The van der Waals surface area contributed by atoms with Crippen LogP contribution >= 0.6 is 0 Å². The molecular formula is C11H15NO4. The minimum absolute atomic E-state index is 0.329. The lowest BCUT2D eigenvalue weighted by molar-refractivity contribution is -0.156. The Hall–Kier alpha value is -1.59. The van der Waals surface area contributed by atoms with Crippen molar-refractivity contribution in [2.24, 2.45) is 0 Å². The second-order valence-electron chi connectivity index (χ2n) is 3.49. The number of methoxy groups -OCH3 is 1. The van der Waals surface area contributed by atoms with Crippen molar-refractivity contribution in [3.8, 4) is 0 Å². The molecule has 0 amide bonds. The van der Waals surface area contributed by atoms with Crippen molar-refractivity contribution in [3.05, 3.63) is 29.3 Å². The third-order valence-corrected chi connectivity index (χ3v) is 2.40. The number of aryl methyl sites for hydroxylation is 1. The number of aliphatic hydroxyl groups is 2. The zero-order valence-electron chi connectivity index (χ0n) is 9.18. The van der Waals surface area contributed by atoms with E-state index in [9.17, 15) is 15.0 Å². The van der Waals surface area contributed by atoms with Gasteiger partial charge >= 0.3 is 5.97 Å². The SMILES string of the molecule is COC(=O)C(O)C(O)c1c(C)cccc1N. The van der Waals surface area contributed by atoms with Gasteiger partial charge in [0.1, 0.15) is 6.10 Å². The summed E-state index contributed by atoms with van der Waals surface area (Å²) >= 11 is 0. The van der Waals surface area contributed by atoms with Gasteiger partial charge in [0, 0.05) is 11.3 Å². The van der Waals surface area contributed by atoms with Gasteiger partial charge in [-0.1, -0.05) is 12.1 Å². The van der Waals surface area contributed by atoms with Gasteiger partial charge in [-0.2, -0.15) is 0 Å². The Labute approximate surface area is 93.5 Å². The van der Waals surface area contributed by atoms with E-state index in [0.29, 0.717) is 16.8 Å². The van der Waals surface area contributed by atoms with E-state index in [2.05, 4.69) is 4.74 Å². The summed E-state index contributed by atoms with van der Waals surface area (Å²) in [6.07, 6.45) is -3.01. The van der Waals surface area contributed by atoms with Crippen molar-refractivity contribution in [3.63, 3.8) is 0 Å². The molecule has 0 saturated carbocycles. The number of carbonyl (C=O) groups is 1. The number of nitrogen functional groups attached to an aromatic ring is 1. The van der Waals surface area contributed by atoms with Gasteiger partial charge in [0.25, 0.3) is 0 Å². The molecule has 4 N–H and O–H groups in total. The molecule has 0 aliphatic rings. The highest BCUT2D eigenvalue weighted by Crippen LogP contribution is 2.26. The average molecular weight is 225 g/mol. The zero-order chi connectivity index (χ0) is 12.3. The zero-order valence-corrected chi connectivity index (χ0v) is 9.18. The summed E-state index contributed by atoms with van der Waals surface area (Å²) in [5, 5.41) is 19.3. The number of hydrogen-bond donors (Lipinski definition) is 3. The van der Waals surface area contributed by atoms with Crippen LogP contribution in [0.4, 0.5) is 5.69 Å². The van der Waals surface area contributed by atoms with Crippen LogP contribution in [0.1, 0.15) is 17.2 Å². The molecule has 2 atom stereocenters. The van der Waals surface area contributed by atoms with Crippen molar-refractivity contribution >= 4 is 11.7 Å². The van der Waals surface area contributed by atoms with E-state index < -0.39 is 18.2 Å². The van der Waals surface area contributed by atoms with Gasteiger partial charge in [-0.25, -0.2) is 4.79 Å². The van der Waals surface area contributed by atoms with Gasteiger partial charge in [-0.05, 0) is 18.6 Å². The third kappa shape index (κ3) is 2.32. The number of carbonyl (C=O) groups excluding carboxylic acids is 1. The quantitative estimate of drug-likeness (QED) is 0.503. The van der Waals surface area contributed by atoms with E-state index in [1.54, 1.807) is 25.1 Å². The minimum Gasteiger partial charge on any atom is -0.467 e. The maximum atomic E-state index is 11.1. The number of benzene rings is 1. The molecule has 0 radical (unpaired) electrons. The highest BCUT2D eigenvalue weighted by Gasteiger charge is 2.28. The fraction of sp³-hybridized carbons (Fsp3) is 0.364. The molecule has 0 spiro atoms. The molecule has 16 heavy (non-hydrogen) atoms. The van der Waals surface area contributed by atoms with E-state index in [1.165, 1.54) is 0 Å². The van der Waals surface area contributed by atoms with Crippen LogP contribution in [-0.2, 0) is 9.53 Å². The van der Waals surface area contributed by atoms with E-state index in [1.807, 2.05) is 0 Å². The number of esters is 1. The molecular weight excluding hydrogens is 210 g/mol. The number of aliphatic hydroxyl groups excluding tert-OH is 2. The van der Waals surface area contributed by atoms with Crippen molar-refractivity contribution in [1.82, 2.24) is 0 Å². The molecule has 0 saturated heterocycles. The number of ether oxygens (including phenoxy) is 1. The first kappa shape index (κ1) is 12.5. The molecule has 5 nitrogen and oxygen atoms in total. The lowest BCUT2D eigenvalue weighted by Crippen LogP contribution is -2.30. The van der Waals surface area contributed by atoms with Crippen molar-refractivity contribution in [1.29, 1.82) is 0 Å². The van der Waals surface area contributed by atoms with Gasteiger partial charge in [-0.15, -0.1) is 0 Å². The second-order valence-corrected chi connectivity index (χ2v) is 3.49. The second kappa shape index (κ2) is 4.96. The van der Waals surface area contributed by atoms with Crippen LogP contribution in [0, 0.1) is 6.92 Å². The normalized spacial score (nSPS) is 14.2. The Bertz CT molecular complexity index is 371. The van der Waals surface area contributed by atoms with Crippen LogP contribution < -0.4 is 5.73 Å². The van der Waals surface area contributed by atoms with Crippen molar-refractivity contribution < 1.29 is 19.7 Å². The molecule has 1 aromatic carbocycles. The molecule has 1 rings (SSSR count). The summed E-state index contributed by atoms with van der Waals surface area (Å²) in [4.78, 5) is 11.1. The Morgan fingerprint density at radius 3 is 2.56 bits per heavy atom. The summed E-state index contributed by atoms with van der Waals surface area (Å²) in [6, 6.07) is 5.06. The minimum atomic E-state index is -1.63. The van der Waals surface area contributed by atoms with Crippen LogP contribution in [0.25, 0.3) is 0 Å². The molecule has 0 heterocycles. The number of nitrogens with two attached hydrogens (primary N) is 1. The summed E-state index contributed by atoms with van der Waals surface area (Å²) in [5.41, 5.74) is 7.06. The van der Waals surface area contributed by atoms with E-state index in [4.69, 9.17) is 5.73 Å². The molecule has 2 unspecified atom stereocenters. The maximum absolute atomic E-state index is 11.1. The van der Waals surface area contributed by atoms with Crippen LogP contribution in [0.5, 0.6) is 0 Å². The molecule has 0 aromatic heterocycles. The molecule has 1 aromatic rings. The summed E-state index contributed by atoms with van der Waals surface area (Å²) < 4.78 is 4.34. The summed E-state index contributed by atoms with van der Waals surface area (Å²) in [5.74, 6) is -0.893. The van der Waals surface area contributed by atoms with E-state index in [-0.39, 0.29) is 0 Å². The van der Waals surface area contributed by atoms with Gasteiger partial charge in [0.05, 0.1) is 7.11 Å². The fourth-order valence-electron chi connectivity index (χ4n) is 1.51. The maximum Gasteiger partial charge on any atom is 0.337 e. The predicted octanol–water partition coefficient (Wildman–Crippen LogP) is 0.145. The monoisotopic (exact) mass is 225 g/mol. The van der Waals surface area contributed by atoms with Gasteiger partial charge in [0.15, 0.2) is 6.10 Å². The molecule has 5 heteroatoms. The fourth-order valence-corrected chi connectivity index (χ4v) is 1.51. The standard InChI is InChI=1S/C11H15NO4/c1-6-4-3-5-7(12)8(6)9(13)10(14)11(15)16-2/h3-5,9-10,13-14H,12H2,1-2H3. The molecule has 0 bridgehead atoms. The topological polar surface area (TPSA) is 92.8 Å². The van der Waals surface area contributed by atoms with Crippen molar-refractivity contribution in [2.45, 2.75) is 19.1 Å². The number of rotatable bonds is 3. The van der Waals surface area contributed by atoms with Crippen LogP contribution in [-0.4, -0.2) is 29.4 Å². The first-order valence-electron chi connectivity index (χ1n) is 4.78. The molecule has 88 valence electrons. The van der Waals surface area contributed by atoms with Crippen molar-refractivity contribution in [2.75, 3.05) is 12.8 Å². The molecule has 0 aliphatic heterocycles. The van der Waals surface area contributed by atoms with Gasteiger partial charge in [-0.3, -0.25) is 0 Å². The summed E-state index contributed by atoms with van der Waals surface area (Å²) in [6.45, 7) is 1.74. The lowest BCUT2D eigenvalue weighted by Gasteiger charge is -2.19. The highest BCUT2D eigenvalue weighted by atomic mass is 16.5. The lowest BCUT2D eigenvalue weighted by atomic mass is 9.97. The highest BCUT2D eigenvalue weighted by molar-refractivity contribution is 5.76. The average Bonchev–Trinajstić information content (AvgIpc) is 2.26. The summed E-state index contributed by atoms with van der Waals surface area (Å²) in [7, 11) is 1.14. The van der Waals surface area contributed by atoms with Crippen LogP contribution in [0.2, 0.25) is 0 Å². The molecule has 0 fully saturated rings. The molecule has 0 aliphatic carbocycles. The Kier molecular flexibility index (Phi) is 3.87. The first-order valence-corrected chi connectivity index (χ1v) is 4.78. The van der Waals surface area contributed by atoms with E-state index in [0.717, 1.165) is 7.11 Å². The Morgan fingerprint density at radius 1 is 1.44 bits per heavy atom. The number of anilines is 1. The van der Waals surface area contributed by atoms with Gasteiger partial charge < -0.3 is 20.7 Å². The smallest absolute Gasteiger partial charge is 0.337 e. The predicted molar refractivity (Wildman–Crippen MR) is 58.6 cm³/mol. The Balaban J connectivity index is 3.04. The van der Waals surface area contributed by atoms with E-state index >= 15 is 0 Å². The largest absolute Gasteiger partial charge is 0.467 e. The Morgan fingerprint density at radius 2 is 2.06 bits per heavy atom.